The van der Waals surface area contributed by atoms with Crippen molar-refractivity contribution in [3.63, 3.8) is 0 Å². The fraction of sp³-hybridized carbons (Fsp3) is 0.320. The van der Waals surface area contributed by atoms with Crippen molar-refractivity contribution in [2.24, 2.45) is 14.1 Å². The molecule has 4 aromatic heterocycles. The van der Waals surface area contributed by atoms with Gasteiger partial charge in [-0.2, -0.15) is 5.10 Å². The average molecular weight is 886 g/mol. The number of carbonyl (C=O) groups is 3. The van der Waals surface area contributed by atoms with Gasteiger partial charge in [0, 0.05) is 75.7 Å². The van der Waals surface area contributed by atoms with Gasteiger partial charge in [-0.05, 0) is 107 Å². The molecule has 66 heavy (non-hydrogen) atoms. The van der Waals surface area contributed by atoms with Gasteiger partial charge in [0.1, 0.15) is 5.82 Å². The van der Waals surface area contributed by atoms with Crippen molar-refractivity contribution in [1.29, 1.82) is 0 Å². The van der Waals surface area contributed by atoms with Crippen molar-refractivity contribution in [2.75, 3.05) is 48.0 Å². The van der Waals surface area contributed by atoms with Crippen LogP contribution in [-0.2, 0) is 35.5 Å². The first-order chi connectivity index (χ1) is 32.0. The number of hydrogen-bond acceptors (Lipinski definition) is 10. The number of hydrogen-bond donors (Lipinski definition) is 1. The number of nitrogens with one attached hydrogen (secondary N) is 1. The van der Waals surface area contributed by atoms with E-state index in [9.17, 15) is 19.2 Å². The van der Waals surface area contributed by atoms with E-state index < -0.39 is 5.92 Å². The topological polar surface area (TPSA) is 166 Å². The zero-order chi connectivity index (χ0) is 45.9. The molecule has 7 aromatic rings. The normalized spacial score (nSPS) is 17.5. The molecule has 1 unspecified atom stereocenters. The fourth-order valence-corrected chi connectivity index (χ4v) is 10.0. The number of anilines is 3. The Balaban J connectivity index is 0.950. The first-order valence-electron chi connectivity index (χ1n) is 22.4. The van der Waals surface area contributed by atoms with Gasteiger partial charge in [-0.1, -0.05) is 44.2 Å². The predicted octanol–water partition coefficient (Wildman–Crippen LogP) is 6.68. The summed E-state index contributed by atoms with van der Waals surface area (Å²) in [4.78, 5) is 66.8. The van der Waals surface area contributed by atoms with E-state index in [4.69, 9.17) is 14.8 Å². The third-order valence-corrected chi connectivity index (χ3v) is 13.8. The van der Waals surface area contributed by atoms with Crippen LogP contribution in [0.1, 0.15) is 62.3 Å². The molecule has 1 N–H and O–H groups in total. The van der Waals surface area contributed by atoms with Crippen LogP contribution in [0, 0.1) is 0 Å². The van der Waals surface area contributed by atoms with E-state index in [1.165, 1.54) is 21.9 Å². The monoisotopic (exact) mass is 885 g/mol. The lowest BCUT2D eigenvalue weighted by Crippen LogP contribution is -2.41. The van der Waals surface area contributed by atoms with E-state index in [1.54, 1.807) is 35.4 Å². The second-order valence-corrected chi connectivity index (χ2v) is 17.6. The average Bonchev–Trinajstić information content (AvgIpc) is 3.99. The standard InChI is InChI=1S/C50H51N11O5/c1-6-36-38(19-23-52-45(36)60-27-26-59(49(60)65)35-8-7-22-51-30-35)37-15-14-34(61-47(66-5)55-57(4)48(61)64)28-41(37)31-9-11-32(12-10-31)50(2)20-24-58(25-21-50)33-13-16-39-42(29-33)56(3)54-44(39)40-17-18-43(62)53-46(40)63/h7-16,19,22-23,28-30,40H,6,17-18,20-21,24-27H2,1-5H3,(H,53,62,63). The zero-order valence-electron chi connectivity index (χ0n) is 37.7. The first-order valence-corrected chi connectivity index (χ1v) is 22.4. The molecule has 3 saturated heterocycles. The molecular weight excluding hydrogens is 835 g/mol. The summed E-state index contributed by atoms with van der Waals surface area (Å²) in [6.07, 6.45) is 8.43. The Kier molecular flexibility index (Phi) is 10.7. The van der Waals surface area contributed by atoms with Crippen molar-refractivity contribution < 1.29 is 19.1 Å². The first kappa shape index (κ1) is 42.3. The van der Waals surface area contributed by atoms with Gasteiger partial charge < -0.3 is 9.64 Å². The number of benzene rings is 3. The van der Waals surface area contributed by atoms with Crippen molar-refractivity contribution in [2.45, 2.75) is 57.3 Å². The summed E-state index contributed by atoms with van der Waals surface area (Å²) in [5.41, 5.74) is 9.67. The Morgan fingerprint density at radius 2 is 1.56 bits per heavy atom. The molecule has 1 atom stereocenters. The van der Waals surface area contributed by atoms with Gasteiger partial charge in [0.25, 0.3) is 0 Å². The molecule has 336 valence electrons. The molecule has 3 aliphatic heterocycles. The van der Waals surface area contributed by atoms with E-state index in [1.807, 2.05) is 48.1 Å². The van der Waals surface area contributed by atoms with E-state index in [0.29, 0.717) is 49.6 Å². The highest BCUT2D eigenvalue weighted by molar-refractivity contribution is 6.06. The Hall–Kier alpha value is -7.62. The molecule has 3 aromatic carbocycles. The van der Waals surface area contributed by atoms with Crippen LogP contribution in [0.15, 0.2) is 102 Å². The molecule has 10 rings (SSSR count). The number of piperidine rings is 2. The molecule has 0 aliphatic carbocycles. The molecule has 4 amide bonds. The van der Waals surface area contributed by atoms with Crippen LogP contribution in [0.2, 0.25) is 0 Å². The summed E-state index contributed by atoms with van der Waals surface area (Å²) >= 11 is 0. The summed E-state index contributed by atoms with van der Waals surface area (Å²) in [7, 11) is 5.00. The number of ether oxygens (including phenoxy) is 1. The van der Waals surface area contributed by atoms with E-state index in [0.717, 1.165) is 76.0 Å². The predicted molar refractivity (Wildman–Crippen MR) is 252 cm³/mol. The van der Waals surface area contributed by atoms with E-state index in [2.05, 4.69) is 76.6 Å². The van der Waals surface area contributed by atoms with Gasteiger partial charge in [0.2, 0.25) is 11.8 Å². The fourth-order valence-electron chi connectivity index (χ4n) is 10.0. The van der Waals surface area contributed by atoms with Gasteiger partial charge in [0.15, 0.2) is 0 Å². The Morgan fingerprint density at radius 3 is 2.29 bits per heavy atom. The van der Waals surface area contributed by atoms with E-state index >= 15 is 0 Å². The van der Waals surface area contributed by atoms with Gasteiger partial charge >= 0.3 is 17.7 Å². The highest BCUT2D eigenvalue weighted by Gasteiger charge is 2.36. The van der Waals surface area contributed by atoms with Crippen molar-refractivity contribution in [1.82, 2.24) is 39.4 Å². The molecule has 16 nitrogen and oxygen atoms in total. The zero-order valence-corrected chi connectivity index (χ0v) is 37.7. The summed E-state index contributed by atoms with van der Waals surface area (Å²) < 4.78 is 10.1. The van der Waals surface area contributed by atoms with Crippen LogP contribution in [0.25, 0.3) is 38.8 Å². The van der Waals surface area contributed by atoms with E-state index in [-0.39, 0.29) is 35.0 Å². The van der Waals surface area contributed by atoms with Crippen molar-refractivity contribution >= 4 is 45.9 Å². The molecule has 16 heteroatoms. The molecule has 0 spiro atoms. The number of methoxy groups -OCH3 is 1. The third-order valence-electron chi connectivity index (χ3n) is 13.8. The van der Waals surface area contributed by atoms with Gasteiger partial charge in [0.05, 0.1) is 41.8 Å². The smallest absolute Gasteiger partial charge is 0.353 e. The summed E-state index contributed by atoms with van der Waals surface area (Å²) in [6.45, 7) is 7.14. The van der Waals surface area contributed by atoms with Crippen molar-refractivity contribution in [3.05, 3.63) is 125 Å². The van der Waals surface area contributed by atoms with Crippen molar-refractivity contribution in [3.8, 4) is 34.0 Å². The minimum Gasteiger partial charge on any atom is -0.467 e. The number of aryl methyl sites for hydroxylation is 2. The lowest BCUT2D eigenvalue weighted by atomic mass is 9.74. The number of nitrogens with zero attached hydrogens (tertiary/aromatic N) is 10. The quantitative estimate of drug-likeness (QED) is 0.147. The Morgan fingerprint density at radius 1 is 0.788 bits per heavy atom. The summed E-state index contributed by atoms with van der Waals surface area (Å²) in [5.74, 6) is -0.340. The number of aromatic nitrogens is 7. The number of rotatable bonds is 10. The van der Waals surface area contributed by atoms with Crippen LogP contribution in [-0.4, -0.2) is 85.2 Å². The van der Waals surface area contributed by atoms with Crippen LogP contribution >= 0.6 is 0 Å². The number of urea groups is 1. The minimum absolute atomic E-state index is 0.0764. The third kappa shape index (κ3) is 7.26. The SMILES string of the molecule is CCc1c(-c2ccc(-n3c(OC)nn(C)c3=O)cc2-c2ccc(C3(C)CCN(c4ccc5c(C6CCC(=O)NC6=O)nn(C)c5c4)CC3)cc2)ccnc1N1CCN(c2cccnc2)C1=O. The number of fused-ring (bicyclic) bond motifs is 1. The lowest BCUT2D eigenvalue weighted by molar-refractivity contribution is -0.134. The second kappa shape index (κ2) is 16.7. The maximum absolute atomic E-state index is 13.9. The van der Waals surface area contributed by atoms with Crippen LogP contribution in [0.4, 0.5) is 22.0 Å². The minimum atomic E-state index is -0.446. The number of pyridine rings is 2. The number of imide groups is 1. The van der Waals surface area contributed by atoms with Crippen LogP contribution in [0.5, 0.6) is 6.01 Å². The van der Waals surface area contributed by atoms with Crippen LogP contribution < -0.4 is 30.4 Å². The molecule has 0 radical (unpaired) electrons. The lowest BCUT2D eigenvalue weighted by Gasteiger charge is -2.41. The van der Waals surface area contributed by atoms with Gasteiger partial charge in [-0.3, -0.25) is 34.4 Å². The highest BCUT2D eigenvalue weighted by atomic mass is 16.5. The Labute approximate surface area is 381 Å². The molecule has 3 fully saturated rings. The summed E-state index contributed by atoms with van der Waals surface area (Å²) in [5, 5.41) is 12.5. The Bertz CT molecular complexity index is 3090. The maximum Gasteiger partial charge on any atom is 0.353 e. The largest absolute Gasteiger partial charge is 0.467 e. The molecule has 7 heterocycles. The maximum atomic E-state index is 13.9. The van der Waals surface area contributed by atoms with Gasteiger partial charge in [-0.25, -0.2) is 23.8 Å². The molecular formula is C50H51N11O5. The number of carbonyl (C=O) groups excluding carboxylic acids is 3. The molecule has 0 bridgehead atoms. The molecule has 0 saturated carbocycles. The van der Waals surface area contributed by atoms with Crippen LogP contribution in [0.3, 0.4) is 0 Å². The summed E-state index contributed by atoms with van der Waals surface area (Å²) in [6, 6.07) is 26.8. The highest BCUT2D eigenvalue weighted by Crippen LogP contribution is 2.42. The number of amides is 4. The van der Waals surface area contributed by atoms with Gasteiger partial charge in [-0.15, -0.1) is 5.10 Å². The second-order valence-electron chi connectivity index (χ2n) is 17.6. The molecule has 3 aliphatic rings.